The molecule has 5 nitrogen and oxygen atoms in total. The van der Waals surface area contributed by atoms with Crippen molar-refractivity contribution < 1.29 is 4.92 Å². The van der Waals surface area contributed by atoms with Gasteiger partial charge in [0.15, 0.2) is 0 Å². The Balaban J connectivity index is 1.48. The second-order valence-electron chi connectivity index (χ2n) is 6.67. The third-order valence-electron chi connectivity index (χ3n) is 5.06. The van der Waals surface area contributed by atoms with Crippen molar-refractivity contribution in [2.75, 3.05) is 31.1 Å². The number of non-ortho nitro benzene ring substituents is 1. The molecule has 132 valence electrons. The van der Waals surface area contributed by atoms with Gasteiger partial charge in [0.25, 0.3) is 5.69 Å². The quantitative estimate of drug-likeness (QED) is 0.594. The second-order valence-corrected chi connectivity index (χ2v) is 6.67. The van der Waals surface area contributed by atoms with Gasteiger partial charge >= 0.3 is 0 Å². The highest BCUT2D eigenvalue weighted by Crippen LogP contribution is 2.21. The molecule has 1 saturated heterocycles. The molecule has 0 unspecified atom stereocenters. The van der Waals surface area contributed by atoms with Crippen molar-refractivity contribution in [3.63, 3.8) is 0 Å². The van der Waals surface area contributed by atoms with Crippen molar-refractivity contribution in [3.8, 4) is 0 Å². The molecular weight excluding hydrogens is 314 g/mol. The summed E-state index contributed by atoms with van der Waals surface area (Å²) in [4.78, 5) is 15.3. The summed E-state index contributed by atoms with van der Waals surface area (Å²) < 4.78 is 0. The van der Waals surface area contributed by atoms with E-state index < -0.39 is 0 Å². The summed E-state index contributed by atoms with van der Waals surface area (Å²) in [6.07, 6.45) is 2.28. The van der Waals surface area contributed by atoms with Crippen LogP contribution in [0.2, 0.25) is 0 Å². The predicted molar refractivity (Wildman–Crippen MR) is 101 cm³/mol. The minimum absolute atomic E-state index is 0.150. The lowest BCUT2D eigenvalue weighted by Crippen LogP contribution is -2.49. The molecule has 1 aliphatic heterocycles. The van der Waals surface area contributed by atoms with E-state index in [4.69, 9.17) is 0 Å². The Morgan fingerprint density at radius 3 is 2.24 bits per heavy atom. The van der Waals surface area contributed by atoms with Gasteiger partial charge in [-0.3, -0.25) is 15.0 Å². The van der Waals surface area contributed by atoms with Crippen LogP contribution in [-0.2, 0) is 6.42 Å². The van der Waals surface area contributed by atoms with Crippen molar-refractivity contribution in [2.24, 2.45) is 0 Å². The van der Waals surface area contributed by atoms with Gasteiger partial charge in [-0.2, -0.15) is 0 Å². The smallest absolute Gasteiger partial charge is 0.269 e. The SMILES string of the molecule is C[C@H](CCc1ccccc1)N1CCN(c2ccc([N+](=O)[O-])cc2)CC1. The van der Waals surface area contributed by atoms with E-state index in [1.54, 1.807) is 12.1 Å². The summed E-state index contributed by atoms with van der Waals surface area (Å²) in [7, 11) is 0. The van der Waals surface area contributed by atoms with Crippen LogP contribution in [0.25, 0.3) is 0 Å². The topological polar surface area (TPSA) is 49.6 Å². The molecule has 0 saturated carbocycles. The molecule has 0 aliphatic carbocycles. The number of piperazine rings is 1. The minimum Gasteiger partial charge on any atom is -0.369 e. The van der Waals surface area contributed by atoms with Crippen molar-refractivity contribution in [1.82, 2.24) is 4.90 Å². The van der Waals surface area contributed by atoms with E-state index >= 15 is 0 Å². The van der Waals surface area contributed by atoms with Crippen LogP contribution in [0.3, 0.4) is 0 Å². The van der Waals surface area contributed by atoms with Crippen molar-refractivity contribution >= 4 is 11.4 Å². The Kier molecular flexibility index (Phi) is 5.66. The maximum Gasteiger partial charge on any atom is 0.269 e. The second kappa shape index (κ2) is 8.12. The Morgan fingerprint density at radius 1 is 1.00 bits per heavy atom. The van der Waals surface area contributed by atoms with Crippen molar-refractivity contribution in [1.29, 1.82) is 0 Å². The minimum atomic E-state index is -0.351. The first-order valence-corrected chi connectivity index (χ1v) is 8.91. The van der Waals surface area contributed by atoms with Gasteiger partial charge in [-0.05, 0) is 37.5 Å². The third kappa shape index (κ3) is 4.57. The highest BCUT2D eigenvalue weighted by Gasteiger charge is 2.21. The molecule has 0 amide bonds. The van der Waals surface area contributed by atoms with Crippen LogP contribution in [0, 0.1) is 10.1 Å². The summed E-state index contributed by atoms with van der Waals surface area (Å²) in [5.74, 6) is 0. The average Bonchev–Trinajstić information content (AvgIpc) is 2.67. The highest BCUT2D eigenvalue weighted by molar-refractivity contribution is 5.51. The molecule has 0 radical (unpaired) electrons. The van der Waals surface area contributed by atoms with E-state index in [0.717, 1.165) is 38.3 Å². The van der Waals surface area contributed by atoms with Gasteiger partial charge in [0.1, 0.15) is 0 Å². The number of nitrogens with zero attached hydrogens (tertiary/aromatic N) is 3. The van der Waals surface area contributed by atoms with Gasteiger partial charge in [0, 0.05) is 50.0 Å². The van der Waals surface area contributed by atoms with E-state index in [2.05, 4.69) is 47.1 Å². The Labute approximate surface area is 149 Å². The monoisotopic (exact) mass is 339 g/mol. The number of benzene rings is 2. The fourth-order valence-corrected chi connectivity index (χ4v) is 3.41. The number of aryl methyl sites for hydroxylation is 1. The van der Waals surface area contributed by atoms with E-state index in [-0.39, 0.29) is 10.6 Å². The molecule has 0 bridgehead atoms. The van der Waals surface area contributed by atoms with Crippen LogP contribution in [0.1, 0.15) is 18.9 Å². The van der Waals surface area contributed by atoms with Crippen LogP contribution in [0.15, 0.2) is 54.6 Å². The molecule has 0 aromatic heterocycles. The molecule has 5 heteroatoms. The van der Waals surface area contributed by atoms with Crippen LogP contribution >= 0.6 is 0 Å². The molecule has 2 aromatic rings. The zero-order valence-electron chi connectivity index (χ0n) is 14.7. The highest BCUT2D eigenvalue weighted by atomic mass is 16.6. The normalized spacial score (nSPS) is 16.6. The van der Waals surface area contributed by atoms with E-state index in [9.17, 15) is 10.1 Å². The summed E-state index contributed by atoms with van der Waals surface area (Å²) in [5.41, 5.74) is 2.62. The van der Waals surface area contributed by atoms with Crippen molar-refractivity contribution in [3.05, 3.63) is 70.3 Å². The fourth-order valence-electron chi connectivity index (χ4n) is 3.41. The summed E-state index contributed by atoms with van der Waals surface area (Å²) in [6, 6.07) is 18.1. The van der Waals surface area contributed by atoms with Crippen LogP contribution in [-0.4, -0.2) is 42.0 Å². The maximum atomic E-state index is 10.8. The number of hydrogen-bond donors (Lipinski definition) is 0. The molecule has 1 atom stereocenters. The average molecular weight is 339 g/mol. The van der Waals surface area contributed by atoms with Gasteiger partial charge in [-0.15, -0.1) is 0 Å². The van der Waals surface area contributed by atoms with Gasteiger partial charge in [-0.25, -0.2) is 0 Å². The summed E-state index contributed by atoms with van der Waals surface area (Å²) >= 11 is 0. The van der Waals surface area contributed by atoms with Crippen molar-refractivity contribution in [2.45, 2.75) is 25.8 Å². The molecule has 3 rings (SSSR count). The molecule has 0 spiro atoms. The molecular formula is C20H25N3O2. The van der Waals surface area contributed by atoms with Gasteiger partial charge in [0.2, 0.25) is 0 Å². The largest absolute Gasteiger partial charge is 0.369 e. The Morgan fingerprint density at radius 2 is 1.64 bits per heavy atom. The Hall–Kier alpha value is -2.40. The van der Waals surface area contributed by atoms with Gasteiger partial charge in [0.05, 0.1) is 4.92 Å². The molecule has 25 heavy (non-hydrogen) atoms. The number of nitro groups is 1. The molecule has 1 heterocycles. The molecule has 0 N–H and O–H groups in total. The lowest BCUT2D eigenvalue weighted by atomic mass is 10.0. The lowest BCUT2D eigenvalue weighted by molar-refractivity contribution is -0.384. The first-order chi connectivity index (χ1) is 12.1. The third-order valence-corrected chi connectivity index (χ3v) is 5.06. The predicted octanol–water partition coefficient (Wildman–Crippen LogP) is 3.74. The number of hydrogen-bond acceptors (Lipinski definition) is 4. The number of nitro benzene ring substituents is 1. The van der Waals surface area contributed by atoms with E-state index in [0.29, 0.717) is 6.04 Å². The van der Waals surface area contributed by atoms with Crippen LogP contribution in [0.4, 0.5) is 11.4 Å². The zero-order chi connectivity index (χ0) is 17.6. The maximum absolute atomic E-state index is 10.8. The number of anilines is 1. The Bertz CT molecular complexity index is 680. The van der Waals surface area contributed by atoms with E-state index in [1.165, 1.54) is 12.0 Å². The van der Waals surface area contributed by atoms with Gasteiger partial charge in [-0.1, -0.05) is 30.3 Å². The van der Waals surface area contributed by atoms with E-state index in [1.807, 2.05) is 12.1 Å². The lowest BCUT2D eigenvalue weighted by Gasteiger charge is -2.39. The summed E-state index contributed by atoms with van der Waals surface area (Å²) in [5, 5.41) is 10.8. The van der Waals surface area contributed by atoms with Gasteiger partial charge < -0.3 is 4.90 Å². The number of rotatable bonds is 6. The first kappa shape index (κ1) is 17.4. The molecule has 1 fully saturated rings. The van der Waals surface area contributed by atoms with Crippen LogP contribution in [0.5, 0.6) is 0 Å². The first-order valence-electron chi connectivity index (χ1n) is 8.91. The fraction of sp³-hybridized carbons (Fsp3) is 0.400. The molecule has 1 aliphatic rings. The zero-order valence-corrected chi connectivity index (χ0v) is 14.7. The standard InChI is InChI=1S/C20H25N3O2/c1-17(7-8-18-5-3-2-4-6-18)21-13-15-22(16-14-21)19-9-11-20(12-10-19)23(24)25/h2-6,9-12,17H,7-8,13-16H2,1H3/t17-/m1/s1. The summed E-state index contributed by atoms with van der Waals surface area (Å²) in [6.45, 7) is 6.31. The molecule has 2 aromatic carbocycles. The van der Waals surface area contributed by atoms with Crippen LogP contribution < -0.4 is 4.90 Å².